The van der Waals surface area contributed by atoms with Crippen LogP contribution in [0.1, 0.15) is 26.1 Å². The SMILES string of the molecule is CC/C=C\C(C(=O)NC)=C(/N)Nc1nc(CC)nc(N2CCN(C)CC2)n1. The number of amides is 1. The van der Waals surface area contributed by atoms with Crippen molar-refractivity contribution in [3.63, 3.8) is 0 Å². The number of allylic oxidation sites excluding steroid dienone is 1. The zero-order valence-corrected chi connectivity index (χ0v) is 16.6. The predicted octanol–water partition coefficient (Wildman–Crippen LogP) is 0.480. The van der Waals surface area contributed by atoms with Gasteiger partial charge in [0.15, 0.2) is 0 Å². The van der Waals surface area contributed by atoms with Gasteiger partial charge in [-0.05, 0) is 19.5 Å². The van der Waals surface area contributed by atoms with E-state index in [4.69, 9.17) is 5.73 Å². The molecule has 0 radical (unpaired) electrons. The van der Waals surface area contributed by atoms with Crippen molar-refractivity contribution in [1.29, 1.82) is 0 Å². The number of nitrogens with one attached hydrogen (secondary N) is 2. The Morgan fingerprint density at radius 3 is 2.48 bits per heavy atom. The van der Waals surface area contributed by atoms with Crippen molar-refractivity contribution >= 4 is 17.8 Å². The van der Waals surface area contributed by atoms with Crippen LogP contribution in [0.5, 0.6) is 0 Å². The minimum absolute atomic E-state index is 0.205. The molecule has 1 amide bonds. The van der Waals surface area contributed by atoms with E-state index in [1.165, 1.54) is 0 Å². The summed E-state index contributed by atoms with van der Waals surface area (Å²) < 4.78 is 0. The Hall–Kier alpha value is -2.68. The van der Waals surface area contributed by atoms with Crippen molar-refractivity contribution in [1.82, 2.24) is 25.2 Å². The van der Waals surface area contributed by atoms with Gasteiger partial charge in [-0.1, -0.05) is 19.9 Å². The Morgan fingerprint density at radius 2 is 1.89 bits per heavy atom. The van der Waals surface area contributed by atoms with Crippen LogP contribution in [0.15, 0.2) is 23.5 Å². The fourth-order valence-electron chi connectivity index (χ4n) is 2.62. The van der Waals surface area contributed by atoms with Crippen LogP contribution in [0.2, 0.25) is 0 Å². The summed E-state index contributed by atoms with van der Waals surface area (Å²) in [6.07, 6.45) is 5.05. The number of aromatic nitrogens is 3. The van der Waals surface area contributed by atoms with Gasteiger partial charge in [0.1, 0.15) is 11.6 Å². The lowest BCUT2D eigenvalue weighted by Gasteiger charge is -2.32. The fraction of sp³-hybridized carbons (Fsp3) is 0.556. The summed E-state index contributed by atoms with van der Waals surface area (Å²) >= 11 is 0. The van der Waals surface area contributed by atoms with E-state index < -0.39 is 0 Å². The van der Waals surface area contributed by atoms with Crippen molar-refractivity contribution in [2.75, 3.05) is 50.5 Å². The van der Waals surface area contributed by atoms with E-state index in [1.54, 1.807) is 13.1 Å². The lowest BCUT2D eigenvalue weighted by Crippen LogP contribution is -2.45. The van der Waals surface area contributed by atoms with Gasteiger partial charge in [0, 0.05) is 39.6 Å². The Balaban J connectivity index is 2.31. The molecule has 2 rings (SSSR count). The second-order valence-electron chi connectivity index (χ2n) is 6.36. The minimum atomic E-state index is -0.270. The van der Waals surface area contributed by atoms with E-state index >= 15 is 0 Å². The maximum Gasteiger partial charge on any atom is 0.254 e. The highest BCUT2D eigenvalue weighted by Crippen LogP contribution is 2.15. The summed E-state index contributed by atoms with van der Waals surface area (Å²) in [7, 11) is 3.67. The summed E-state index contributed by atoms with van der Waals surface area (Å²) in [5.74, 6) is 1.60. The number of anilines is 2. The summed E-state index contributed by atoms with van der Waals surface area (Å²) in [6, 6.07) is 0. The number of carbonyl (C=O) groups excluding carboxylic acids is 1. The van der Waals surface area contributed by atoms with Crippen molar-refractivity contribution in [3.8, 4) is 0 Å². The number of hydrogen-bond donors (Lipinski definition) is 3. The first-order chi connectivity index (χ1) is 13.0. The third kappa shape index (κ3) is 5.65. The number of piperazine rings is 1. The fourth-order valence-corrected chi connectivity index (χ4v) is 2.62. The van der Waals surface area contributed by atoms with Crippen LogP contribution in [0.4, 0.5) is 11.9 Å². The van der Waals surface area contributed by atoms with Crippen molar-refractivity contribution in [2.24, 2.45) is 5.73 Å². The molecular weight excluding hydrogens is 344 g/mol. The topological polar surface area (TPSA) is 112 Å². The molecule has 0 aromatic carbocycles. The Bertz CT molecular complexity index is 707. The zero-order valence-electron chi connectivity index (χ0n) is 16.6. The molecule has 1 fully saturated rings. The van der Waals surface area contributed by atoms with Crippen LogP contribution < -0.4 is 21.3 Å². The average molecular weight is 374 g/mol. The van der Waals surface area contributed by atoms with Gasteiger partial charge in [0.2, 0.25) is 11.9 Å². The molecule has 148 valence electrons. The number of likely N-dealkylation sites (N-methyl/N-ethyl adjacent to an activating group) is 2. The molecule has 1 aromatic rings. The van der Waals surface area contributed by atoms with Crippen LogP contribution in [-0.4, -0.2) is 66.0 Å². The minimum Gasteiger partial charge on any atom is -0.385 e. The molecule has 2 heterocycles. The molecule has 0 atom stereocenters. The van der Waals surface area contributed by atoms with Crippen LogP contribution >= 0.6 is 0 Å². The largest absolute Gasteiger partial charge is 0.385 e. The van der Waals surface area contributed by atoms with E-state index in [2.05, 4.69) is 42.4 Å². The monoisotopic (exact) mass is 374 g/mol. The molecule has 0 bridgehead atoms. The molecule has 0 spiro atoms. The molecule has 9 nitrogen and oxygen atoms in total. The average Bonchev–Trinajstić information content (AvgIpc) is 2.68. The van der Waals surface area contributed by atoms with Gasteiger partial charge < -0.3 is 26.2 Å². The summed E-state index contributed by atoms with van der Waals surface area (Å²) in [5.41, 5.74) is 6.49. The van der Waals surface area contributed by atoms with Gasteiger partial charge in [-0.15, -0.1) is 0 Å². The Kier molecular flexibility index (Phi) is 7.54. The van der Waals surface area contributed by atoms with Gasteiger partial charge in [0.05, 0.1) is 5.57 Å². The normalized spacial score (nSPS) is 16.4. The lowest BCUT2D eigenvalue weighted by molar-refractivity contribution is -0.116. The number of carbonyl (C=O) groups is 1. The van der Waals surface area contributed by atoms with E-state index in [-0.39, 0.29) is 11.7 Å². The molecule has 1 aliphatic rings. The zero-order chi connectivity index (χ0) is 19.8. The highest BCUT2D eigenvalue weighted by atomic mass is 16.1. The molecule has 1 aliphatic heterocycles. The number of rotatable bonds is 7. The van der Waals surface area contributed by atoms with Gasteiger partial charge in [-0.3, -0.25) is 4.79 Å². The summed E-state index contributed by atoms with van der Waals surface area (Å²) in [6.45, 7) is 7.62. The maximum absolute atomic E-state index is 12.1. The van der Waals surface area contributed by atoms with Crippen LogP contribution in [0.3, 0.4) is 0 Å². The highest BCUT2D eigenvalue weighted by molar-refractivity contribution is 5.97. The van der Waals surface area contributed by atoms with E-state index in [0.717, 1.165) is 32.6 Å². The first-order valence-electron chi connectivity index (χ1n) is 9.32. The second kappa shape index (κ2) is 9.86. The van der Waals surface area contributed by atoms with E-state index in [0.29, 0.717) is 29.7 Å². The van der Waals surface area contributed by atoms with Gasteiger partial charge >= 0.3 is 0 Å². The first-order valence-corrected chi connectivity index (χ1v) is 9.32. The molecule has 4 N–H and O–H groups in total. The predicted molar refractivity (Wildman–Crippen MR) is 107 cm³/mol. The number of aryl methyl sites for hydroxylation is 1. The third-order valence-corrected chi connectivity index (χ3v) is 4.30. The third-order valence-electron chi connectivity index (χ3n) is 4.30. The smallest absolute Gasteiger partial charge is 0.254 e. The molecule has 0 aliphatic carbocycles. The van der Waals surface area contributed by atoms with Crippen LogP contribution in [0.25, 0.3) is 0 Å². The second-order valence-corrected chi connectivity index (χ2v) is 6.36. The molecule has 1 saturated heterocycles. The van der Waals surface area contributed by atoms with Gasteiger partial charge in [0.25, 0.3) is 5.91 Å². The van der Waals surface area contributed by atoms with E-state index in [1.807, 2.05) is 19.9 Å². The first kappa shape index (κ1) is 20.6. The molecule has 27 heavy (non-hydrogen) atoms. The summed E-state index contributed by atoms with van der Waals surface area (Å²) in [4.78, 5) is 30.0. The highest BCUT2D eigenvalue weighted by Gasteiger charge is 2.19. The molecule has 9 heteroatoms. The molecule has 1 aromatic heterocycles. The Labute approximate surface area is 160 Å². The molecule has 0 saturated carbocycles. The van der Waals surface area contributed by atoms with Crippen LogP contribution in [-0.2, 0) is 11.2 Å². The number of nitrogens with two attached hydrogens (primary N) is 1. The van der Waals surface area contributed by atoms with E-state index in [9.17, 15) is 4.79 Å². The summed E-state index contributed by atoms with van der Waals surface area (Å²) in [5, 5.41) is 5.57. The maximum atomic E-state index is 12.1. The number of hydrogen-bond acceptors (Lipinski definition) is 8. The van der Waals surface area contributed by atoms with Gasteiger partial charge in [-0.25, -0.2) is 0 Å². The Morgan fingerprint density at radius 1 is 1.19 bits per heavy atom. The molecule has 0 unspecified atom stereocenters. The van der Waals surface area contributed by atoms with Crippen molar-refractivity contribution in [2.45, 2.75) is 26.7 Å². The quantitative estimate of drug-likeness (QED) is 0.467. The van der Waals surface area contributed by atoms with Crippen molar-refractivity contribution < 1.29 is 4.79 Å². The lowest BCUT2D eigenvalue weighted by atomic mass is 10.2. The number of nitrogens with zero attached hydrogens (tertiary/aromatic N) is 5. The molecular formula is C18H30N8O. The van der Waals surface area contributed by atoms with Gasteiger partial charge in [-0.2, -0.15) is 15.0 Å². The van der Waals surface area contributed by atoms with Crippen LogP contribution in [0, 0.1) is 0 Å². The van der Waals surface area contributed by atoms with Crippen molar-refractivity contribution in [3.05, 3.63) is 29.4 Å². The standard InChI is InChI=1S/C18H30N8O/c1-5-7-8-13(16(27)20-3)15(19)23-17-21-14(6-2)22-18(24-17)26-11-9-25(4)10-12-26/h7-8H,5-6,9-12,19H2,1-4H3,(H,20,27)(H,21,22,23,24)/b8-7-,15-13-.